The van der Waals surface area contributed by atoms with Crippen molar-refractivity contribution in [2.75, 3.05) is 44.3 Å². The van der Waals surface area contributed by atoms with Gasteiger partial charge in [0.05, 0.1) is 18.8 Å². The lowest BCUT2D eigenvalue weighted by atomic mass is 10.0. The van der Waals surface area contributed by atoms with Crippen LogP contribution in [0.4, 0.5) is 19.3 Å². The van der Waals surface area contributed by atoms with Crippen molar-refractivity contribution in [2.24, 2.45) is 11.8 Å². The van der Waals surface area contributed by atoms with Gasteiger partial charge in [0.1, 0.15) is 24.3 Å². The number of nitrogens with zero attached hydrogens (tertiary/aromatic N) is 2. The third-order valence-electron chi connectivity index (χ3n) is 6.58. The van der Waals surface area contributed by atoms with Crippen LogP contribution in [0.2, 0.25) is 0 Å². The number of amides is 3. The molecule has 0 aromatic heterocycles. The molecule has 3 fully saturated rings. The summed E-state index contributed by atoms with van der Waals surface area (Å²) in [5.74, 6) is -1.98. The zero-order valence-electron chi connectivity index (χ0n) is 18.8. The fraction of sp³-hybridized carbons (Fsp3) is 0.609. The molecule has 1 unspecified atom stereocenters. The molecule has 1 aromatic carbocycles. The number of anilines is 1. The molecule has 1 saturated carbocycles. The second kappa shape index (κ2) is 9.62. The number of hydrogen-bond acceptors (Lipinski definition) is 5. The predicted octanol–water partition coefficient (Wildman–Crippen LogP) is 2.41. The Labute approximate surface area is 191 Å². The molecule has 2 heterocycles. The number of halogens is 2. The van der Waals surface area contributed by atoms with E-state index in [-0.39, 0.29) is 60.5 Å². The van der Waals surface area contributed by atoms with Crippen LogP contribution < -0.4 is 10.2 Å². The van der Waals surface area contributed by atoms with Crippen LogP contribution in [0.3, 0.4) is 0 Å². The Morgan fingerprint density at radius 1 is 1.18 bits per heavy atom. The molecule has 2 aliphatic heterocycles. The van der Waals surface area contributed by atoms with Gasteiger partial charge in [-0.1, -0.05) is 13.3 Å². The Morgan fingerprint density at radius 3 is 2.45 bits per heavy atom. The fourth-order valence-corrected chi connectivity index (χ4v) is 4.80. The van der Waals surface area contributed by atoms with E-state index in [2.05, 4.69) is 5.32 Å². The summed E-state index contributed by atoms with van der Waals surface area (Å²) in [4.78, 5) is 38.3. The highest BCUT2D eigenvalue weighted by Gasteiger charge is 2.58. The summed E-state index contributed by atoms with van der Waals surface area (Å²) >= 11 is 0. The average Bonchev–Trinajstić information content (AvgIpc) is 3.10. The lowest BCUT2D eigenvalue weighted by molar-refractivity contribution is -0.135. The van der Waals surface area contributed by atoms with E-state index < -0.39 is 23.8 Å². The molecule has 10 heteroatoms. The number of nitrogens with one attached hydrogen (secondary N) is 1. The standard InChI is InChI=1S/C23H29F2N3O5/c1-3-4-5-32-12-20(30)27-10-16-17(11-27)21(16)22-18(24)6-14(7-19(22)25)28-9-15(33-23(28)31)8-26-13(2)29/h6-7,15-17,21H,3-5,8-12H2,1-2H3,(H,26,29)/t15-,16-,17+,21?/m0/s1. The Balaban J connectivity index is 1.36. The number of likely N-dealkylation sites (tertiary alicyclic amines) is 1. The number of carbonyl (C=O) groups excluding carboxylic acids is 3. The van der Waals surface area contributed by atoms with Crippen LogP contribution in [-0.2, 0) is 19.1 Å². The van der Waals surface area contributed by atoms with Crippen molar-refractivity contribution < 1.29 is 32.6 Å². The monoisotopic (exact) mass is 465 g/mol. The highest BCUT2D eigenvalue weighted by Crippen LogP contribution is 2.59. The van der Waals surface area contributed by atoms with E-state index in [0.717, 1.165) is 29.9 Å². The number of unbranched alkanes of at least 4 members (excludes halogenated alkanes) is 1. The minimum atomic E-state index is -0.712. The lowest BCUT2D eigenvalue weighted by Crippen LogP contribution is -2.34. The fourth-order valence-electron chi connectivity index (χ4n) is 4.80. The summed E-state index contributed by atoms with van der Waals surface area (Å²) in [6.45, 7) is 5.13. The molecule has 1 N–H and O–H groups in total. The molecule has 0 radical (unpaired) electrons. The van der Waals surface area contributed by atoms with Crippen molar-refractivity contribution in [1.29, 1.82) is 0 Å². The highest BCUT2D eigenvalue weighted by atomic mass is 19.1. The van der Waals surface area contributed by atoms with Gasteiger partial charge < -0.3 is 19.7 Å². The molecule has 4 rings (SSSR count). The van der Waals surface area contributed by atoms with Crippen LogP contribution in [-0.4, -0.2) is 68.3 Å². The first kappa shape index (κ1) is 23.4. The first-order chi connectivity index (χ1) is 15.8. The molecule has 3 amide bonds. The van der Waals surface area contributed by atoms with Crippen molar-refractivity contribution in [2.45, 2.75) is 38.7 Å². The molecule has 33 heavy (non-hydrogen) atoms. The number of piperidine rings is 1. The maximum atomic E-state index is 15.0. The second-order valence-corrected chi connectivity index (χ2v) is 8.93. The lowest BCUT2D eigenvalue weighted by Gasteiger charge is -2.21. The Bertz CT molecular complexity index is 908. The zero-order valence-corrected chi connectivity index (χ0v) is 18.8. The van der Waals surface area contributed by atoms with Gasteiger partial charge in [0.15, 0.2) is 0 Å². The maximum absolute atomic E-state index is 15.0. The van der Waals surface area contributed by atoms with Crippen LogP contribution in [0, 0.1) is 23.5 Å². The van der Waals surface area contributed by atoms with Crippen molar-refractivity contribution in [3.8, 4) is 0 Å². The first-order valence-electron chi connectivity index (χ1n) is 11.4. The second-order valence-electron chi connectivity index (χ2n) is 8.93. The molecular formula is C23H29F2N3O5. The van der Waals surface area contributed by atoms with Gasteiger partial charge in [-0.05, 0) is 36.3 Å². The van der Waals surface area contributed by atoms with E-state index in [0.29, 0.717) is 19.7 Å². The first-order valence-corrected chi connectivity index (χ1v) is 11.4. The Kier molecular flexibility index (Phi) is 6.83. The third kappa shape index (κ3) is 4.95. The van der Waals surface area contributed by atoms with Crippen LogP contribution in [0.25, 0.3) is 0 Å². The number of cyclic esters (lactones) is 1. The summed E-state index contributed by atoms with van der Waals surface area (Å²) in [6, 6.07) is 2.30. The molecule has 180 valence electrons. The van der Waals surface area contributed by atoms with Crippen molar-refractivity contribution in [3.05, 3.63) is 29.3 Å². The predicted molar refractivity (Wildman–Crippen MR) is 115 cm³/mol. The van der Waals surface area contributed by atoms with Gasteiger partial charge in [0, 0.05) is 32.2 Å². The van der Waals surface area contributed by atoms with Gasteiger partial charge in [-0.2, -0.15) is 0 Å². The van der Waals surface area contributed by atoms with Crippen LogP contribution >= 0.6 is 0 Å². The number of fused-ring (bicyclic) bond motifs is 1. The summed E-state index contributed by atoms with van der Waals surface area (Å²) in [7, 11) is 0. The maximum Gasteiger partial charge on any atom is 0.414 e. The minimum absolute atomic E-state index is 0.0161. The number of benzene rings is 1. The van der Waals surface area contributed by atoms with E-state index in [1.807, 2.05) is 6.92 Å². The van der Waals surface area contributed by atoms with Crippen LogP contribution in [0.15, 0.2) is 12.1 Å². The average molecular weight is 465 g/mol. The van der Waals surface area contributed by atoms with E-state index in [4.69, 9.17) is 9.47 Å². The largest absolute Gasteiger partial charge is 0.442 e. The molecule has 4 atom stereocenters. The summed E-state index contributed by atoms with van der Waals surface area (Å²) in [6.07, 6.45) is 0.594. The quantitative estimate of drug-likeness (QED) is 0.566. The molecular weight excluding hydrogens is 436 g/mol. The molecule has 1 aliphatic carbocycles. The highest BCUT2D eigenvalue weighted by molar-refractivity contribution is 5.90. The van der Waals surface area contributed by atoms with E-state index in [9.17, 15) is 23.2 Å². The number of rotatable bonds is 9. The van der Waals surface area contributed by atoms with E-state index >= 15 is 0 Å². The van der Waals surface area contributed by atoms with Gasteiger partial charge in [-0.3, -0.25) is 14.5 Å². The van der Waals surface area contributed by atoms with Gasteiger partial charge in [0.25, 0.3) is 0 Å². The molecule has 2 saturated heterocycles. The number of hydrogen-bond donors (Lipinski definition) is 1. The van der Waals surface area contributed by atoms with Crippen LogP contribution in [0.5, 0.6) is 0 Å². The minimum Gasteiger partial charge on any atom is -0.442 e. The van der Waals surface area contributed by atoms with Crippen molar-refractivity contribution in [1.82, 2.24) is 10.2 Å². The molecule has 0 spiro atoms. The molecule has 8 nitrogen and oxygen atoms in total. The van der Waals surface area contributed by atoms with Crippen molar-refractivity contribution in [3.63, 3.8) is 0 Å². The molecule has 1 aromatic rings. The van der Waals surface area contributed by atoms with Gasteiger partial charge >= 0.3 is 6.09 Å². The number of carbonyl (C=O) groups is 3. The zero-order chi connectivity index (χ0) is 23.7. The molecule has 3 aliphatic rings. The van der Waals surface area contributed by atoms with Gasteiger partial charge in [-0.15, -0.1) is 0 Å². The van der Waals surface area contributed by atoms with Crippen molar-refractivity contribution >= 4 is 23.6 Å². The van der Waals surface area contributed by atoms with E-state index in [1.165, 1.54) is 6.92 Å². The summed E-state index contributed by atoms with van der Waals surface area (Å²) in [5.41, 5.74) is 0.0957. The van der Waals surface area contributed by atoms with E-state index in [1.54, 1.807) is 4.90 Å². The smallest absolute Gasteiger partial charge is 0.414 e. The Hall–Kier alpha value is -2.75. The van der Waals surface area contributed by atoms with Crippen LogP contribution in [0.1, 0.15) is 38.2 Å². The topological polar surface area (TPSA) is 88.2 Å². The Morgan fingerprint density at radius 2 is 1.85 bits per heavy atom. The number of ether oxygens (including phenoxy) is 2. The molecule has 0 bridgehead atoms. The third-order valence-corrected chi connectivity index (χ3v) is 6.58. The SMILES string of the molecule is CCCCOCC(=O)N1C[C@@H]2C(c3c(F)cc(N4C[C@H](CNC(C)=O)OC4=O)cc3F)[C@@H]2C1. The van der Waals surface area contributed by atoms with Gasteiger partial charge in [0.2, 0.25) is 11.8 Å². The summed E-state index contributed by atoms with van der Waals surface area (Å²) in [5, 5.41) is 2.56. The normalized spacial score (nSPS) is 25.8. The van der Waals surface area contributed by atoms with Gasteiger partial charge in [-0.25, -0.2) is 13.6 Å². The summed E-state index contributed by atoms with van der Waals surface area (Å²) < 4.78 is 40.5.